The minimum Gasteiger partial charge on any atom is -0.404 e. The second-order valence-corrected chi connectivity index (χ2v) is 5.25. The number of rotatable bonds is 2. The van der Waals surface area contributed by atoms with E-state index in [2.05, 4.69) is 25.7 Å². The number of benzene rings is 1. The first-order valence-electron chi connectivity index (χ1n) is 4.52. The van der Waals surface area contributed by atoms with Gasteiger partial charge >= 0.3 is 6.36 Å². The molecule has 0 unspecified atom stereocenters. The summed E-state index contributed by atoms with van der Waals surface area (Å²) in [6.07, 6.45) is -4.75. The fourth-order valence-corrected chi connectivity index (χ4v) is 2.70. The molecule has 0 aliphatic rings. The van der Waals surface area contributed by atoms with Gasteiger partial charge in [0.25, 0.3) is 0 Å². The molecule has 1 heterocycles. The van der Waals surface area contributed by atoms with Gasteiger partial charge in [0, 0.05) is 10.9 Å². The molecule has 0 aliphatic heterocycles. The van der Waals surface area contributed by atoms with E-state index in [0.29, 0.717) is 15.2 Å². The Hall–Kier alpha value is -0.790. The van der Waals surface area contributed by atoms with E-state index >= 15 is 0 Å². The molecular weight excluding hydrogens is 355 g/mol. The smallest absolute Gasteiger partial charge is 0.404 e. The molecule has 2 rings (SSSR count). The van der Waals surface area contributed by atoms with Crippen LogP contribution in [0.2, 0.25) is 5.02 Å². The van der Waals surface area contributed by atoms with Crippen molar-refractivity contribution in [2.75, 3.05) is 0 Å². The average Bonchev–Trinajstić information content (AvgIpc) is 2.66. The van der Waals surface area contributed by atoms with Crippen LogP contribution >= 0.6 is 38.9 Å². The molecule has 96 valence electrons. The SMILES string of the molecule is FC(F)(F)Oc1ccc(-c2nc(Br)cs2)cc1Cl. The van der Waals surface area contributed by atoms with Crippen LogP contribution < -0.4 is 4.74 Å². The van der Waals surface area contributed by atoms with Crippen molar-refractivity contribution in [1.29, 1.82) is 0 Å². The summed E-state index contributed by atoms with van der Waals surface area (Å²) in [4.78, 5) is 4.14. The fraction of sp³-hybridized carbons (Fsp3) is 0.100. The number of aromatic nitrogens is 1. The zero-order valence-corrected chi connectivity index (χ0v) is 11.6. The van der Waals surface area contributed by atoms with Crippen molar-refractivity contribution in [1.82, 2.24) is 4.98 Å². The third-order valence-electron chi connectivity index (χ3n) is 1.88. The van der Waals surface area contributed by atoms with E-state index in [1.807, 2.05) is 0 Å². The number of hydrogen-bond donors (Lipinski definition) is 0. The molecule has 0 aliphatic carbocycles. The van der Waals surface area contributed by atoms with Crippen LogP contribution in [0.15, 0.2) is 28.2 Å². The molecule has 0 saturated heterocycles. The third kappa shape index (κ3) is 3.37. The lowest BCUT2D eigenvalue weighted by molar-refractivity contribution is -0.274. The summed E-state index contributed by atoms with van der Waals surface area (Å²) in [6, 6.07) is 4.02. The number of alkyl halides is 3. The zero-order chi connectivity index (χ0) is 13.3. The zero-order valence-electron chi connectivity index (χ0n) is 8.46. The Bertz CT molecular complexity index is 572. The predicted octanol–water partition coefficient (Wildman–Crippen LogP) is 5.12. The maximum absolute atomic E-state index is 12.1. The second kappa shape index (κ2) is 5.07. The van der Waals surface area contributed by atoms with Gasteiger partial charge in [-0.15, -0.1) is 24.5 Å². The van der Waals surface area contributed by atoms with Gasteiger partial charge in [-0.2, -0.15) is 0 Å². The first kappa shape index (κ1) is 13.6. The van der Waals surface area contributed by atoms with Crippen LogP contribution in [-0.4, -0.2) is 11.3 Å². The number of nitrogens with zero attached hydrogens (tertiary/aromatic N) is 1. The minimum absolute atomic E-state index is 0.115. The number of halogens is 5. The highest BCUT2D eigenvalue weighted by Gasteiger charge is 2.32. The molecule has 2 nitrogen and oxygen atoms in total. The van der Waals surface area contributed by atoms with E-state index in [-0.39, 0.29) is 5.02 Å². The van der Waals surface area contributed by atoms with E-state index < -0.39 is 12.1 Å². The van der Waals surface area contributed by atoms with Crippen LogP contribution in [0.4, 0.5) is 13.2 Å². The maximum atomic E-state index is 12.1. The van der Waals surface area contributed by atoms with Crippen molar-refractivity contribution in [2.24, 2.45) is 0 Å². The maximum Gasteiger partial charge on any atom is 0.573 e. The molecule has 0 fully saturated rings. The molecule has 0 atom stereocenters. The summed E-state index contributed by atoms with van der Waals surface area (Å²) in [5, 5.41) is 2.31. The summed E-state index contributed by atoms with van der Waals surface area (Å²) in [7, 11) is 0. The summed E-state index contributed by atoms with van der Waals surface area (Å²) in [5.74, 6) is -0.427. The predicted molar refractivity (Wildman–Crippen MR) is 66.9 cm³/mol. The lowest BCUT2D eigenvalue weighted by Crippen LogP contribution is -2.17. The van der Waals surface area contributed by atoms with Crippen LogP contribution in [0.3, 0.4) is 0 Å². The van der Waals surface area contributed by atoms with Crippen molar-refractivity contribution in [2.45, 2.75) is 6.36 Å². The third-order valence-corrected chi connectivity index (χ3v) is 3.78. The van der Waals surface area contributed by atoms with Crippen LogP contribution in [-0.2, 0) is 0 Å². The van der Waals surface area contributed by atoms with Crippen LogP contribution in [0.5, 0.6) is 5.75 Å². The van der Waals surface area contributed by atoms with Gasteiger partial charge in [-0.25, -0.2) is 4.98 Å². The highest BCUT2D eigenvalue weighted by atomic mass is 79.9. The van der Waals surface area contributed by atoms with E-state index in [1.165, 1.54) is 29.5 Å². The average molecular weight is 359 g/mol. The topological polar surface area (TPSA) is 22.1 Å². The standard InChI is InChI=1S/C10H4BrClF3NOS/c11-8-4-18-9(16-8)5-1-2-7(6(12)3-5)17-10(13,14)15/h1-4H. The molecule has 8 heteroatoms. The summed E-state index contributed by atoms with van der Waals surface area (Å²) < 4.78 is 40.6. The van der Waals surface area contributed by atoms with Gasteiger partial charge in [-0.05, 0) is 34.1 Å². The first-order chi connectivity index (χ1) is 8.35. The Morgan fingerprint density at radius 3 is 2.56 bits per heavy atom. The summed E-state index contributed by atoms with van der Waals surface area (Å²) in [5.41, 5.74) is 0.630. The van der Waals surface area contributed by atoms with Crippen LogP contribution in [0.25, 0.3) is 10.6 Å². The molecule has 1 aromatic heterocycles. The van der Waals surface area contributed by atoms with E-state index in [4.69, 9.17) is 11.6 Å². The van der Waals surface area contributed by atoms with Gasteiger partial charge in [-0.3, -0.25) is 0 Å². The van der Waals surface area contributed by atoms with Crippen molar-refractivity contribution in [3.8, 4) is 16.3 Å². The van der Waals surface area contributed by atoms with Gasteiger partial charge in [0.05, 0.1) is 5.02 Å². The van der Waals surface area contributed by atoms with Crippen LogP contribution in [0.1, 0.15) is 0 Å². The van der Waals surface area contributed by atoms with Crippen molar-refractivity contribution in [3.05, 3.63) is 33.2 Å². The normalized spacial score (nSPS) is 11.6. The van der Waals surface area contributed by atoms with Gasteiger partial charge in [0.1, 0.15) is 15.4 Å². The van der Waals surface area contributed by atoms with Gasteiger partial charge in [-0.1, -0.05) is 11.6 Å². The summed E-state index contributed by atoms with van der Waals surface area (Å²) >= 11 is 10.3. The van der Waals surface area contributed by atoms with Gasteiger partial charge in [0.15, 0.2) is 0 Å². The molecule has 1 aromatic carbocycles. The molecule has 18 heavy (non-hydrogen) atoms. The quantitative estimate of drug-likeness (QED) is 0.743. The Balaban J connectivity index is 2.30. The lowest BCUT2D eigenvalue weighted by Gasteiger charge is -2.10. The highest BCUT2D eigenvalue weighted by molar-refractivity contribution is 9.10. The van der Waals surface area contributed by atoms with E-state index in [1.54, 1.807) is 5.38 Å². The largest absolute Gasteiger partial charge is 0.573 e. The van der Waals surface area contributed by atoms with Gasteiger partial charge < -0.3 is 4.74 Å². The fourth-order valence-electron chi connectivity index (χ4n) is 1.23. The van der Waals surface area contributed by atoms with Crippen LogP contribution in [0, 0.1) is 0 Å². The van der Waals surface area contributed by atoms with Crippen molar-refractivity contribution < 1.29 is 17.9 Å². The molecule has 0 amide bonds. The molecule has 2 aromatic rings. The minimum atomic E-state index is -4.75. The van der Waals surface area contributed by atoms with E-state index in [0.717, 1.165) is 0 Å². The molecular formula is C10H4BrClF3NOS. The first-order valence-corrected chi connectivity index (χ1v) is 6.57. The molecule has 0 spiro atoms. The number of ether oxygens (including phenoxy) is 1. The Morgan fingerprint density at radius 2 is 2.06 bits per heavy atom. The molecule has 0 bridgehead atoms. The molecule has 0 saturated carbocycles. The summed E-state index contributed by atoms with van der Waals surface area (Å²) in [6.45, 7) is 0. The molecule has 0 N–H and O–H groups in total. The monoisotopic (exact) mass is 357 g/mol. The Kier molecular flexibility index (Phi) is 3.84. The lowest BCUT2D eigenvalue weighted by atomic mass is 10.2. The van der Waals surface area contributed by atoms with E-state index in [9.17, 15) is 13.2 Å². The van der Waals surface area contributed by atoms with Crippen molar-refractivity contribution >= 4 is 38.9 Å². The Labute approximate surface area is 117 Å². The Morgan fingerprint density at radius 1 is 1.33 bits per heavy atom. The van der Waals surface area contributed by atoms with Crippen molar-refractivity contribution in [3.63, 3.8) is 0 Å². The second-order valence-electron chi connectivity index (χ2n) is 3.17. The van der Waals surface area contributed by atoms with Gasteiger partial charge in [0.2, 0.25) is 0 Å². The highest BCUT2D eigenvalue weighted by Crippen LogP contribution is 2.35. The number of hydrogen-bond acceptors (Lipinski definition) is 3. The number of thiazole rings is 1. The molecule has 0 radical (unpaired) electrons.